The summed E-state index contributed by atoms with van der Waals surface area (Å²) in [6.45, 7) is 3.32. The lowest BCUT2D eigenvalue weighted by Gasteiger charge is -2.41. The molecule has 4 nitrogen and oxygen atoms in total. The fourth-order valence-corrected chi connectivity index (χ4v) is 4.87. The van der Waals surface area contributed by atoms with Crippen molar-refractivity contribution in [3.05, 3.63) is 22.4 Å². The summed E-state index contributed by atoms with van der Waals surface area (Å²) in [6.07, 6.45) is 6.81. The SMILES string of the molecule is CC(=O)N[C@H](CC(=O)N1CC[C@@H]2CCCC[C@H]2C1)c1cccs1. The second-order valence-corrected chi connectivity index (χ2v) is 7.88. The molecule has 1 aliphatic heterocycles. The summed E-state index contributed by atoms with van der Waals surface area (Å²) in [5, 5.41) is 4.92. The zero-order valence-electron chi connectivity index (χ0n) is 13.8. The molecule has 1 aromatic rings. The smallest absolute Gasteiger partial charge is 0.225 e. The number of likely N-dealkylation sites (tertiary alicyclic amines) is 1. The monoisotopic (exact) mass is 334 g/mol. The van der Waals surface area contributed by atoms with Crippen LogP contribution in [0, 0.1) is 11.8 Å². The number of hydrogen-bond acceptors (Lipinski definition) is 3. The lowest BCUT2D eigenvalue weighted by atomic mass is 9.75. The van der Waals surface area contributed by atoms with Crippen molar-refractivity contribution >= 4 is 23.2 Å². The molecule has 2 aliphatic rings. The molecule has 1 saturated heterocycles. The maximum absolute atomic E-state index is 12.7. The van der Waals surface area contributed by atoms with Gasteiger partial charge in [0.05, 0.1) is 12.5 Å². The largest absolute Gasteiger partial charge is 0.348 e. The predicted molar refractivity (Wildman–Crippen MR) is 92.1 cm³/mol. The van der Waals surface area contributed by atoms with Gasteiger partial charge in [-0.1, -0.05) is 25.3 Å². The van der Waals surface area contributed by atoms with Crippen molar-refractivity contribution in [3.63, 3.8) is 0 Å². The van der Waals surface area contributed by atoms with Crippen LogP contribution in [0.15, 0.2) is 17.5 Å². The Morgan fingerprint density at radius 2 is 2.09 bits per heavy atom. The van der Waals surface area contributed by atoms with Crippen LogP contribution in [0.4, 0.5) is 0 Å². The predicted octanol–water partition coefficient (Wildman–Crippen LogP) is 3.35. The van der Waals surface area contributed by atoms with E-state index in [1.165, 1.54) is 32.6 Å². The van der Waals surface area contributed by atoms with E-state index in [9.17, 15) is 9.59 Å². The van der Waals surface area contributed by atoms with E-state index in [0.29, 0.717) is 12.3 Å². The number of nitrogens with one attached hydrogen (secondary N) is 1. The van der Waals surface area contributed by atoms with E-state index in [0.717, 1.165) is 30.3 Å². The van der Waals surface area contributed by atoms with E-state index in [4.69, 9.17) is 0 Å². The third-order valence-electron chi connectivity index (χ3n) is 5.29. The van der Waals surface area contributed by atoms with E-state index < -0.39 is 0 Å². The normalized spacial score (nSPS) is 25.5. The number of rotatable bonds is 4. The molecule has 1 N–H and O–H groups in total. The molecular formula is C18H26N2O2S. The molecule has 3 rings (SSSR count). The molecule has 0 spiro atoms. The van der Waals surface area contributed by atoms with Gasteiger partial charge in [-0.3, -0.25) is 9.59 Å². The average molecular weight is 334 g/mol. The van der Waals surface area contributed by atoms with E-state index in [1.54, 1.807) is 11.3 Å². The highest BCUT2D eigenvalue weighted by Crippen LogP contribution is 2.36. The Balaban J connectivity index is 1.61. The molecule has 0 aromatic carbocycles. The Hall–Kier alpha value is -1.36. The summed E-state index contributed by atoms with van der Waals surface area (Å²) in [7, 11) is 0. The topological polar surface area (TPSA) is 49.4 Å². The molecule has 2 fully saturated rings. The van der Waals surface area contributed by atoms with Crippen LogP contribution in [-0.4, -0.2) is 29.8 Å². The Morgan fingerprint density at radius 1 is 1.30 bits per heavy atom. The zero-order valence-corrected chi connectivity index (χ0v) is 14.6. The minimum absolute atomic E-state index is 0.0813. The number of piperidine rings is 1. The van der Waals surface area contributed by atoms with Crippen LogP contribution >= 0.6 is 11.3 Å². The minimum Gasteiger partial charge on any atom is -0.348 e. The van der Waals surface area contributed by atoms with E-state index in [1.807, 2.05) is 22.4 Å². The molecule has 1 aliphatic carbocycles. The van der Waals surface area contributed by atoms with Gasteiger partial charge in [-0.2, -0.15) is 0 Å². The zero-order chi connectivity index (χ0) is 16.2. The lowest BCUT2D eigenvalue weighted by molar-refractivity contribution is -0.135. The third kappa shape index (κ3) is 4.14. The Bertz CT molecular complexity index is 543. The van der Waals surface area contributed by atoms with Crippen LogP contribution in [0.25, 0.3) is 0 Å². The standard InChI is InChI=1S/C18H26N2O2S/c1-13(21)19-16(17-7-4-10-23-17)11-18(22)20-9-8-14-5-2-3-6-15(14)12-20/h4,7,10,14-16H,2-3,5-6,8-9,11-12H2,1H3,(H,19,21)/t14-,15-,16+/m0/s1. The Kier molecular flexibility index (Phi) is 5.36. The van der Waals surface area contributed by atoms with Crippen molar-refractivity contribution in [2.45, 2.75) is 51.5 Å². The van der Waals surface area contributed by atoms with Gasteiger partial charge >= 0.3 is 0 Å². The highest BCUT2D eigenvalue weighted by molar-refractivity contribution is 7.10. The first-order valence-corrected chi connectivity index (χ1v) is 9.59. The number of hydrogen-bond donors (Lipinski definition) is 1. The molecule has 2 heterocycles. The first-order valence-electron chi connectivity index (χ1n) is 8.71. The van der Waals surface area contributed by atoms with Crippen LogP contribution in [0.2, 0.25) is 0 Å². The van der Waals surface area contributed by atoms with Gasteiger partial charge in [-0.05, 0) is 36.1 Å². The molecule has 1 saturated carbocycles. The molecule has 0 radical (unpaired) electrons. The van der Waals surface area contributed by atoms with Crippen molar-refractivity contribution in [3.8, 4) is 0 Å². The summed E-state index contributed by atoms with van der Waals surface area (Å²) in [4.78, 5) is 27.3. The number of fused-ring (bicyclic) bond motifs is 1. The minimum atomic E-state index is -0.191. The summed E-state index contributed by atoms with van der Waals surface area (Å²) in [5.74, 6) is 1.63. The van der Waals surface area contributed by atoms with Gasteiger partial charge in [0.15, 0.2) is 0 Å². The average Bonchev–Trinajstić information content (AvgIpc) is 3.07. The van der Waals surface area contributed by atoms with Gasteiger partial charge < -0.3 is 10.2 Å². The molecule has 5 heteroatoms. The highest BCUT2D eigenvalue weighted by Gasteiger charge is 2.33. The second kappa shape index (κ2) is 7.47. The summed E-state index contributed by atoms with van der Waals surface area (Å²) in [6, 6.07) is 3.77. The lowest BCUT2D eigenvalue weighted by Crippen LogP contribution is -2.45. The molecular weight excluding hydrogens is 308 g/mol. The summed E-state index contributed by atoms with van der Waals surface area (Å²) in [5.41, 5.74) is 0. The molecule has 126 valence electrons. The fourth-order valence-electron chi connectivity index (χ4n) is 4.09. The summed E-state index contributed by atoms with van der Waals surface area (Å²) >= 11 is 1.59. The molecule has 1 aromatic heterocycles. The first kappa shape index (κ1) is 16.5. The molecule has 0 bridgehead atoms. The fraction of sp³-hybridized carbons (Fsp3) is 0.667. The first-order chi connectivity index (χ1) is 11.1. The summed E-state index contributed by atoms with van der Waals surface area (Å²) < 4.78 is 0. The Morgan fingerprint density at radius 3 is 2.78 bits per heavy atom. The van der Waals surface area contributed by atoms with Crippen molar-refractivity contribution in [1.82, 2.24) is 10.2 Å². The van der Waals surface area contributed by atoms with Crippen LogP contribution in [0.1, 0.15) is 56.4 Å². The van der Waals surface area contributed by atoms with Gasteiger partial charge in [0.25, 0.3) is 0 Å². The van der Waals surface area contributed by atoms with E-state index >= 15 is 0 Å². The Labute approximate surface area is 142 Å². The van der Waals surface area contributed by atoms with E-state index in [-0.39, 0.29) is 17.9 Å². The number of thiophene rings is 1. The van der Waals surface area contributed by atoms with Crippen molar-refractivity contribution in [1.29, 1.82) is 0 Å². The maximum atomic E-state index is 12.7. The van der Waals surface area contributed by atoms with Gasteiger partial charge in [0, 0.05) is 24.9 Å². The van der Waals surface area contributed by atoms with Crippen molar-refractivity contribution in [2.24, 2.45) is 11.8 Å². The number of carbonyl (C=O) groups is 2. The third-order valence-corrected chi connectivity index (χ3v) is 6.27. The van der Waals surface area contributed by atoms with Crippen LogP contribution in [0.5, 0.6) is 0 Å². The number of nitrogens with zero attached hydrogens (tertiary/aromatic N) is 1. The quantitative estimate of drug-likeness (QED) is 0.918. The van der Waals surface area contributed by atoms with E-state index in [2.05, 4.69) is 5.32 Å². The van der Waals surface area contributed by atoms with Crippen molar-refractivity contribution < 1.29 is 9.59 Å². The molecule has 3 atom stereocenters. The highest BCUT2D eigenvalue weighted by atomic mass is 32.1. The molecule has 2 amide bonds. The van der Waals surface area contributed by atoms with Crippen LogP contribution < -0.4 is 5.32 Å². The number of amides is 2. The van der Waals surface area contributed by atoms with Gasteiger partial charge in [0.1, 0.15) is 0 Å². The van der Waals surface area contributed by atoms with Gasteiger partial charge in [0.2, 0.25) is 11.8 Å². The van der Waals surface area contributed by atoms with Gasteiger partial charge in [-0.15, -0.1) is 11.3 Å². The van der Waals surface area contributed by atoms with Crippen LogP contribution in [-0.2, 0) is 9.59 Å². The molecule has 0 unspecified atom stereocenters. The molecule has 23 heavy (non-hydrogen) atoms. The second-order valence-electron chi connectivity index (χ2n) is 6.91. The maximum Gasteiger partial charge on any atom is 0.225 e. The van der Waals surface area contributed by atoms with Crippen LogP contribution in [0.3, 0.4) is 0 Å². The number of carbonyl (C=O) groups excluding carboxylic acids is 2. The van der Waals surface area contributed by atoms with Gasteiger partial charge in [-0.25, -0.2) is 0 Å². The van der Waals surface area contributed by atoms with Crippen molar-refractivity contribution in [2.75, 3.05) is 13.1 Å².